The van der Waals surface area contributed by atoms with E-state index < -0.39 is 5.91 Å². The van der Waals surface area contributed by atoms with Crippen LogP contribution in [-0.2, 0) is 6.42 Å². The Kier molecular flexibility index (Phi) is 4.37. The van der Waals surface area contributed by atoms with Crippen molar-refractivity contribution in [2.45, 2.75) is 45.2 Å². The molecule has 2 atom stereocenters. The van der Waals surface area contributed by atoms with Gasteiger partial charge >= 0.3 is 0 Å². The average Bonchev–Trinajstić information content (AvgIpc) is 3.23. The average molecular weight is 319 g/mol. The molecule has 0 saturated carbocycles. The van der Waals surface area contributed by atoms with Gasteiger partial charge in [-0.2, -0.15) is 4.98 Å². The molecule has 0 spiro atoms. The van der Waals surface area contributed by atoms with Crippen molar-refractivity contribution in [2.24, 2.45) is 5.73 Å². The first-order valence-electron chi connectivity index (χ1n) is 7.86. The lowest BCUT2D eigenvalue weighted by Gasteiger charge is -2.35. The molecule has 23 heavy (non-hydrogen) atoms. The number of hydrogen-bond acceptors (Lipinski definition) is 7. The van der Waals surface area contributed by atoms with Crippen LogP contribution < -0.4 is 5.73 Å². The summed E-state index contributed by atoms with van der Waals surface area (Å²) in [7, 11) is 0. The second kappa shape index (κ2) is 6.45. The van der Waals surface area contributed by atoms with Gasteiger partial charge in [0.05, 0.1) is 12.1 Å². The fourth-order valence-corrected chi connectivity index (χ4v) is 2.85. The zero-order valence-corrected chi connectivity index (χ0v) is 13.3. The summed E-state index contributed by atoms with van der Waals surface area (Å²) in [6.45, 7) is 5.80. The van der Waals surface area contributed by atoms with Crippen molar-refractivity contribution < 1.29 is 9.32 Å². The Bertz CT molecular complexity index is 680. The second-order valence-electron chi connectivity index (χ2n) is 5.78. The minimum absolute atomic E-state index is 0.0460. The number of nitrogens with two attached hydrogens (primary N) is 1. The summed E-state index contributed by atoms with van der Waals surface area (Å²) in [6, 6.07) is 0.199. The van der Waals surface area contributed by atoms with E-state index in [1.165, 1.54) is 0 Å². The molecule has 9 nitrogen and oxygen atoms in total. The number of hydrogen-bond donors (Lipinski definition) is 1. The molecular weight excluding hydrogens is 298 g/mol. The molecule has 2 aromatic rings. The van der Waals surface area contributed by atoms with Crippen LogP contribution in [0.25, 0.3) is 0 Å². The van der Waals surface area contributed by atoms with Crippen molar-refractivity contribution in [3.05, 3.63) is 23.9 Å². The first kappa shape index (κ1) is 15.6. The number of likely N-dealkylation sites (tertiary alicyclic amines) is 1. The van der Waals surface area contributed by atoms with E-state index >= 15 is 0 Å². The van der Waals surface area contributed by atoms with Crippen molar-refractivity contribution in [1.29, 1.82) is 0 Å². The van der Waals surface area contributed by atoms with Gasteiger partial charge in [0.1, 0.15) is 6.33 Å². The van der Waals surface area contributed by atoms with E-state index in [0.29, 0.717) is 5.89 Å². The SMILES string of the molecule is CCc1noc([C@H](C)N2CCC[C@@H](n3cnc(C(N)=O)n3)C2)n1. The third kappa shape index (κ3) is 3.24. The minimum Gasteiger partial charge on any atom is -0.363 e. The number of carbonyl (C=O) groups excluding carboxylic acids is 1. The van der Waals surface area contributed by atoms with E-state index in [0.717, 1.165) is 38.2 Å². The predicted molar refractivity (Wildman–Crippen MR) is 80.5 cm³/mol. The number of rotatable bonds is 5. The van der Waals surface area contributed by atoms with Gasteiger partial charge in [0.25, 0.3) is 5.91 Å². The smallest absolute Gasteiger partial charge is 0.288 e. The van der Waals surface area contributed by atoms with Crippen LogP contribution in [0.4, 0.5) is 0 Å². The van der Waals surface area contributed by atoms with Gasteiger partial charge in [-0.05, 0) is 26.3 Å². The first-order valence-corrected chi connectivity index (χ1v) is 7.86. The third-order valence-electron chi connectivity index (χ3n) is 4.24. The van der Waals surface area contributed by atoms with Crippen LogP contribution in [0.3, 0.4) is 0 Å². The lowest BCUT2D eigenvalue weighted by molar-refractivity contribution is 0.0984. The number of piperidine rings is 1. The lowest BCUT2D eigenvalue weighted by Crippen LogP contribution is -2.38. The van der Waals surface area contributed by atoms with E-state index in [1.54, 1.807) is 11.0 Å². The monoisotopic (exact) mass is 319 g/mol. The van der Waals surface area contributed by atoms with Gasteiger partial charge in [0, 0.05) is 13.0 Å². The highest BCUT2D eigenvalue weighted by molar-refractivity contribution is 5.88. The van der Waals surface area contributed by atoms with Crippen LogP contribution in [0.1, 0.15) is 61.1 Å². The first-order chi connectivity index (χ1) is 11.1. The largest absolute Gasteiger partial charge is 0.363 e. The Morgan fingerprint density at radius 3 is 3.04 bits per heavy atom. The highest BCUT2D eigenvalue weighted by Crippen LogP contribution is 2.27. The number of aryl methyl sites for hydroxylation is 1. The summed E-state index contributed by atoms with van der Waals surface area (Å²) in [5, 5.41) is 8.13. The van der Waals surface area contributed by atoms with Crippen molar-refractivity contribution in [3.63, 3.8) is 0 Å². The molecular formula is C14H21N7O2. The van der Waals surface area contributed by atoms with Gasteiger partial charge in [-0.1, -0.05) is 12.1 Å². The fraction of sp³-hybridized carbons (Fsp3) is 0.643. The molecule has 3 rings (SSSR count). The molecule has 2 N–H and O–H groups in total. The van der Waals surface area contributed by atoms with Crippen LogP contribution in [0.5, 0.6) is 0 Å². The predicted octanol–water partition coefficient (Wildman–Crippen LogP) is 0.721. The molecule has 3 heterocycles. The maximum absolute atomic E-state index is 11.1. The Hall–Kier alpha value is -2.29. The Labute approximate surface area is 133 Å². The van der Waals surface area contributed by atoms with Gasteiger partial charge in [-0.3, -0.25) is 9.69 Å². The molecule has 1 amide bonds. The Morgan fingerprint density at radius 1 is 1.57 bits per heavy atom. The van der Waals surface area contributed by atoms with Crippen molar-refractivity contribution >= 4 is 5.91 Å². The molecule has 1 fully saturated rings. The zero-order valence-electron chi connectivity index (χ0n) is 13.3. The van der Waals surface area contributed by atoms with Gasteiger partial charge in [-0.15, -0.1) is 5.10 Å². The molecule has 1 aliphatic heterocycles. The van der Waals surface area contributed by atoms with Crippen LogP contribution in [-0.4, -0.2) is 48.8 Å². The van der Waals surface area contributed by atoms with Crippen LogP contribution in [0.15, 0.2) is 10.9 Å². The summed E-state index contributed by atoms with van der Waals surface area (Å²) in [5.41, 5.74) is 5.21. The lowest BCUT2D eigenvalue weighted by atomic mass is 10.0. The standard InChI is InChI=1S/C14H21N7O2/c1-3-11-17-14(23-19-11)9(2)20-6-4-5-10(7-20)21-8-16-13(18-21)12(15)22/h8-10H,3-7H2,1-2H3,(H2,15,22)/t9-,10+/m0/s1. The molecule has 2 aromatic heterocycles. The van der Waals surface area contributed by atoms with Crippen LogP contribution in [0.2, 0.25) is 0 Å². The molecule has 1 aliphatic rings. The number of nitrogens with zero attached hydrogens (tertiary/aromatic N) is 6. The maximum atomic E-state index is 11.1. The van der Waals surface area contributed by atoms with Gasteiger partial charge in [0.2, 0.25) is 11.7 Å². The zero-order chi connectivity index (χ0) is 16.4. The highest BCUT2D eigenvalue weighted by Gasteiger charge is 2.29. The quantitative estimate of drug-likeness (QED) is 0.863. The summed E-state index contributed by atoms with van der Waals surface area (Å²) >= 11 is 0. The van der Waals surface area contributed by atoms with Crippen LogP contribution >= 0.6 is 0 Å². The normalized spacial score (nSPS) is 20.5. The second-order valence-corrected chi connectivity index (χ2v) is 5.78. The molecule has 0 aromatic carbocycles. The maximum Gasteiger partial charge on any atom is 0.288 e. The summed E-state index contributed by atoms with van der Waals surface area (Å²) in [6.07, 6.45) is 4.33. The van der Waals surface area contributed by atoms with Crippen LogP contribution in [0, 0.1) is 0 Å². The summed E-state index contributed by atoms with van der Waals surface area (Å²) in [5.74, 6) is 0.809. The van der Waals surface area contributed by atoms with E-state index in [9.17, 15) is 4.79 Å². The fourth-order valence-electron chi connectivity index (χ4n) is 2.85. The molecule has 9 heteroatoms. The number of aromatic nitrogens is 5. The topological polar surface area (TPSA) is 116 Å². The van der Waals surface area contributed by atoms with E-state index in [1.807, 2.05) is 6.92 Å². The number of carbonyl (C=O) groups is 1. The van der Waals surface area contributed by atoms with E-state index in [2.05, 4.69) is 32.0 Å². The molecule has 0 radical (unpaired) electrons. The van der Waals surface area contributed by atoms with Gasteiger partial charge in [0.15, 0.2) is 5.82 Å². The van der Waals surface area contributed by atoms with Crippen molar-refractivity contribution in [1.82, 2.24) is 29.8 Å². The molecule has 0 bridgehead atoms. The van der Waals surface area contributed by atoms with Crippen molar-refractivity contribution in [3.8, 4) is 0 Å². The molecule has 124 valence electrons. The Morgan fingerprint density at radius 2 is 2.39 bits per heavy atom. The number of amides is 1. The Balaban J connectivity index is 1.70. The van der Waals surface area contributed by atoms with Crippen molar-refractivity contribution in [2.75, 3.05) is 13.1 Å². The molecule has 0 unspecified atom stereocenters. The number of primary amides is 1. The van der Waals surface area contributed by atoms with E-state index in [-0.39, 0.29) is 17.9 Å². The van der Waals surface area contributed by atoms with Gasteiger partial charge < -0.3 is 10.3 Å². The van der Waals surface area contributed by atoms with Gasteiger partial charge in [-0.25, -0.2) is 9.67 Å². The van der Waals surface area contributed by atoms with E-state index in [4.69, 9.17) is 10.3 Å². The summed E-state index contributed by atoms with van der Waals surface area (Å²) < 4.78 is 7.07. The molecule has 0 aliphatic carbocycles. The summed E-state index contributed by atoms with van der Waals surface area (Å²) in [4.78, 5) is 21.8. The minimum atomic E-state index is -0.609. The highest BCUT2D eigenvalue weighted by atomic mass is 16.5. The molecule has 1 saturated heterocycles. The third-order valence-corrected chi connectivity index (χ3v) is 4.24.